The van der Waals surface area contributed by atoms with Gasteiger partial charge in [-0.25, -0.2) is 0 Å². The van der Waals surface area contributed by atoms with Crippen molar-refractivity contribution in [1.29, 1.82) is 0 Å². The molecule has 0 amide bonds. The van der Waals surface area contributed by atoms with Crippen LogP contribution in [0.15, 0.2) is 0 Å². The van der Waals surface area contributed by atoms with E-state index < -0.39 is 16.9 Å². The Morgan fingerprint density at radius 3 is 2.93 bits per heavy atom. The molecule has 2 unspecified atom stereocenters. The molecule has 2 N–H and O–H groups in total. The molecule has 90 valence electrons. The highest BCUT2D eigenvalue weighted by Gasteiger charge is 2.21. The summed E-state index contributed by atoms with van der Waals surface area (Å²) in [5.41, 5.74) is 0. The van der Waals surface area contributed by atoms with Crippen molar-refractivity contribution in [3.8, 4) is 0 Å². The monoisotopic (exact) mass is 235 g/mol. The van der Waals surface area contributed by atoms with Crippen LogP contribution in [0.2, 0.25) is 0 Å². The second-order valence-corrected chi connectivity index (χ2v) is 5.67. The van der Waals surface area contributed by atoms with Gasteiger partial charge in [0, 0.05) is 42.5 Å². The van der Waals surface area contributed by atoms with Gasteiger partial charge in [-0.2, -0.15) is 0 Å². The molecular formula is C10H21NO3S. The fourth-order valence-electron chi connectivity index (χ4n) is 1.20. The van der Waals surface area contributed by atoms with Crippen molar-refractivity contribution >= 4 is 10.8 Å². The Balaban J connectivity index is 1.83. The van der Waals surface area contributed by atoms with Gasteiger partial charge in [0.2, 0.25) is 0 Å². The van der Waals surface area contributed by atoms with Crippen molar-refractivity contribution in [2.24, 2.45) is 5.92 Å². The average Bonchev–Trinajstić information content (AvgIpc) is 2.96. The Hall–Kier alpha value is 0.0300. The van der Waals surface area contributed by atoms with Crippen molar-refractivity contribution in [2.45, 2.75) is 18.9 Å². The van der Waals surface area contributed by atoms with Gasteiger partial charge in [0.15, 0.2) is 0 Å². The van der Waals surface area contributed by atoms with Gasteiger partial charge in [0.05, 0.1) is 12.7 Å². The summed E-state index contributed by atoms with van der Waals surface area (Å²) in [7, 11) is -0.759. The molecule has 0 aliphatic heterocycles. The molecule has 1 aliphatic rings. The van der Waals surface area contributed by atoms with E-state index in [-0.39, 0.29) is 0 Å². The third-order valence-corrected chi connectivity index (χ3v) is 3.09. The smallest absolute Gasteiger partial charge is 0.0897 e. The van der Waals surface area contributed by atoms with E-state index in [9.17, 15) is 9.32 Å². The van der Waals surface area contributed by atoms with Gasteiger partial charge in [-0.3, -0.25) is 4.21 Å². The lowest BCUT2D eigenvalue weighted by molar-refractivity contribution is 0.0328. The van der Waals surface area contributed by atoms with Gasteiger partial charge in [0.25, 0.3) is 0 Å². The summed E-state index contributed by atoms with van der Waals surface area (Å²) >= 11 is 0. The standard InChI is InChI=1S/C10H21NO3S/c1-15(13)5-4-11-6-10(12)8-14-7-9-2-3-9/h9-12H,2-8H2,1H3. The topological polar surface area (TPSA) is 58.6 Å². The Bertz CT molecular complexity index is 197. The predicted molar refractivity (Wildman–Crippen MR) is 61.4 cm³/mol. The van der Waals surface area contributed by atoms with Crippen molar-refractivity contribution in [1.82, 2.24) is 5.32 Å². The van der Waals surface area contributed by atoms with Crippen LogP contribution in [0.4, 0.5) is 0 Å². The molecule has 15 heavy (non-hydrogen) atoms. The summed E-state index contributed by atoms with van der Waals surface area (Å²) in [6, 6.07) is 0. The molecule has 0 heterocycles. The summed E-state index contributed by atoms with van der Waals surface area (Å²) in [5, 5.41) is 12.5. The van der Waals surface area contributed by atoms with Gasteiger partial charge in [-0.15, -0.1) is 0 Å². The quantitative estimate of drug-likeness (QED) is 0.541. The van der Waals surface area contributed by atoms with E-state index in [0.717, 1.165) is 12.5 Å². The number of aliphatic hydroxyl groups is 1. The predicted octanol–water partition coefficient (Wildman–Crippen LogP) is -0.258. The van der Waals surface area contributed by atoms with Crippen LogP contribution >= 0.6 is 0 Å². The Kier molecular flexibility index (Phi) is 6.40. The SMILES string of the molecule is CS(=O)CCNCC(O)COCC1CC1. The highest BCUT2D eigenvalue weighted by atomic mass is 32.2. The Morgan fingerprint density at radius 2 is 2.33 bits per heavy atom. The Labute approximate surface area is 93.8 Å². The molecule has 0 radical (unpaired) electrons. The van der Waals surface area contributed by atoms with E-state index in [1.807, 2.05) is 0 Å². The van der Waals surface area contributed by atoms with E-state index in [1.165, 1.54) is 12.8 Å². The summed E-state index contributed by atoms with van der Waals surface area (Å²) < 4.78 is 16.1. The number of ether oxygens (including phenoxy) is 1. The minimum atomic E-state index is -0.759. The molecule has 1 fully saturated rings. The van der Waals surface area contributed by atoms with Crippen LogP contribution < -0.4 is 5.32 Å². The second-order valence-electron chi connectivity index (χ2n) is 4.12. The normalized spacial score (nSPS) is 20.1. The fourth-order valence-corrected chi connectivity index (χ4v) is 1.63. The number of rotatable bonds is 9. The van der Waals surface area contributed by atoms with Crippen LogP contribution in [0.1, 0.15) is 12.8 Å². The van der Waals surface area contributed by atoms with Crippen molar-refractivity contribution in [3.63, 3.8) is 0 Å². The first-order valence-electron chi connectivity index (χ1n) is 5.45. The van der Waals surface area contributed by atoms with Crippen molar-refractivity contribution in [3.05, 3.63) is 0 Å². The minimum absolute atomic E-state index is 0.402. The highest BCUT2D eigenvalue weighted by molar-refractivity contribution is 7.84. The second kappa shape index (κ2) is 7.33. The van der Waals surface area contributed by atoms with E-state index in [2.05, 4.69) is 5.32 Å². The van der Waals surface area contributed by atoms with E-state index in [1.54, 1.807) is 6.26 Å². The lowest BCUT2D eigenvalue weighted by Crippen LogP contribution is -2.32. The summed E-state index contributed by atoms with van der Waals surface area (Å²) in [5.74, 6) is 1.38. The van der Waals surface area contributed by atoms with E-state index >= 15 is 0 Å². The maximum atomic E-state index is 10.7. The van der Waals surface area contributed by atoms with Gasteiger partial charge < -0.3 is 15.2 Å². The third-order valence-electron chi connectivity index (χ3n) is 2.31. The van der Waals surface area contributed by atoms with Gasteiger partial charge in [0.1, 0.15) is 0 Å². The molecule has 5 heteroatoms. The average molecular weight is 235 g/mol. The molecule has 4 nitrogen and oxygen atoms in total. The molecule has 0 aromatic carbocycles. The zero-order chi connectivity index (χ0) is 11.1. The lowest BCUT2D eigenvalue weighted by Gasteiger charge is -2.11. The molecule has 0 spiro atoms. The van der Waals surface area contributed by atoms with Crippen molar-refractivity contribution < 1.29 is 14.1 Å². The maximum Gasteiger partial charge on any atom is 0.0897 e. The summed E-state index contributed by atoms with van der Waals surface area (Å²) in [6.07, 6.45) is 3.78. The number of hydrogen-bond acceptors (Lipinski definition) is 4. The molecule has 0 saturated heterocycles. The Morgan fingerprint density at radius 1 is 1.60 bits per heavy atom. The fraction of sp³-hybridized carbons (Fsp3) is 1.00. The molecule has 0 aromatic heterocycles. The number of nitrogens with one attached hydrogen (secondary N) is 1. The zero-order valence-corrected chi connectivity index (χ0v) is 10.1. The number of aliphatic hydroxyl groups excluding tert-OH is 1. The largest absolute Gasteiger partial charge is 0.389 e. The first-order chi connectivity index (χ1) is 7.18. The minimum Gasteiger partial charge on any atom is -0.389 e. The lowest BCUT2D eigenvalue weighted by atomic mass is 10.3. The van der Waals surface area contributed by atoms with Crippen LogP contribution in [0, 0.1) is 5.92 Å². The molecular weight excluding hydrogens is 214 g/mol. The molecule has 0 bridgehead atoms. The van der Waals surface area contributed by atoms with Crippen LogP contribution in [-0.2, 0) is 15.5 Å². The molecule has 0 aromatic rings. The van der Waals surface area contributed by atoms with E-state index in [0.29, 0.717) is 25.4 Å². The first-order valence-corrected chi connectivity index (χ1v) is 7.17. The van der Waals surface area contributed by atoms with E-state index in [4.69, 9.17) is 4.74 Å². The molecule has 1 aliphatic carbocycles. The summed E-state index contributed by atoms with van der Waals surface area (Å²) in [4.78, 5) is 0. The highest BCUT2D eigenvalue weighted by Crippen LogP contribution is 2.28. The van der Waals surface area contributed by atoms with Gasteiger partial charge in [-0.05, 0) is 18.8 Å². The van der Waals surface area contributed by atoms with Crippen LogP contribution in [0.25, 0.3) is 0 Å². The molecule has 1 rings (SSSR count). The molecule has 1 saturated carbocycles. The van der Waals surface area contributed by atoms with Crippen molar-refractivity contribution in [2.75, 3.05) is 38.3 Å². The third kappa shape index (κ3) is 7.90. The molecule has 2 atom stereocenters. The van der Waals surface area contributed by atoms with Gasteiger partial charge in [-0.1, -0.05) is 0 Å². The maximum absolute atomic E-state index is 10.7. The zero-order valence-electron chi connectivity index (χ0n) is 9.28. The van der Waals surface area contributed by atoms with Crippen LogP contribution in [-0.4, -0.2) is 53.7 Å². The van der Waals surface area contributed by atoms with Gasteiger partial charge >= 0.3 is 0 Å². The number of hydrogen-bond donors (Lipinski definition) is 2. The van der Waals surface area contributed by atoms with Crippen LogP contribution in [0.3, 0.4) is 0 Å². The first kappa shape index (κ1) is 13.1. The summed E-state index contributed by atoms with van der Waals surface area (Å²) in [6.45, 7) is 2.39. The van der Waals surface area contributed by atoms with Crippen LogP contribution in [0.5, 0.6) is 0 Å².